The summed E-state index contributed by atoms with van der Waals surface area (Å²) in [4.78, 5) is 3.42. The topological polar surface area (TPSA) is 12.5 Å². The largest absolute Gasteiger partial charge is 0.494 e. The van der Waals surface area contributed by atoms with Gasteiger partial charge in [0.2, 0.25) is 0 Å². The van der Waals surface area contributed by atoms with Gasteiger partial charge >= 0.3 is 0 Å². The van der Waals surface area contributed by atoms with E-state index in [0.717, 1.165) is 25.3 Å². The van der Waals surface area contributed by atoms with Gasteiger partial charge in [-0.05, 0) is 45.0 Å². The Morgan fingerprint density at radius 3 is 2.80 bits per heavy atom. The first-order chi connectivity index (χ1) is 7.22. The van der Waals surface area contributed by atoms with Gasteiger partial charge in [0.1, 0.15) is 5.75 Å². The van der Waals surface area contributed by atoms with E-state index in [1.807, 2.05) is 12.1 Å². The summed E-state index contributed by atoms with van der Waals surface area (Å²) in [7, 11) is 4.16. The fraction of sp³-hybridized carbons (Fsp3) is 0.500. The van der Waals surface area contributed by atoms with Crippen LogP contribution >= 0.6 is 11.8 Å². The number of thioether (sulfide) groups is 1. The predicted octanol–water partition coefficient (Wildman–Crippen LogP) is 2.74. The summed E-state index contributed by atoms with van der Waals surface area (Å²) in [5, 5.41) is 0. The van der Waals surface area contributed by atoms with Crippen LogP contribution in [0, 0.1) is 0 Å². The molecule has 2 nitrogen and oxygen atoms in total. The van der Waals surface area contributed by atoms with Crippen LogP contribution in [0.5, 0.6) is 5.75 Å². The number of nitrogens with zero attached hydrogens (tertiary/aromatic N) is 1. The molecule has 0 aliphatic heterocycles. The van der Waals surface area contributed by atoms with Crippen LogP contribution in [0.1, 0.15) is 6.42 Å². The monoisotopic (exact) mass is 225 g/mol. The molecule has 0 saturated heterocycles. The smallest absolute Gasteiger partial charge is 0.120 e. The lowest BCUT2D eigenvalue weighted by molar-refractivity contribution is 0.281. The number of hydrogen-bond donors (Lipinski definition) is 0. The standard InChI is InChI=1S/C12H19NOS/c1-13(2)8-5-9-14-11-6-4-7-12(10-11)15-3/h4,6-7,10H,5,8-9H2,1-3H3. The molecule has 0 heterocycles. The molecule has 0 N–H and O–H groups in total. The van der Waals surface area contributed by atoms with Crippen molar-refractivity contribution in [1.82, 2.24) is 4.90 Å². The van der Waals surface area contributed by atoms with Gasteiger partial charge in [-0.1, -0.05) is 6.07 Å². The third kappa shape index (κ3) is 5.09. The highest BCUT2D eigenvalue weighted by Crippen LogP contribution is 2.20. The van der Waals surface area contributed by atoms with Gasteiger partial charge in [-0.2, -0.15) is 0 Å². The fourth-order valence-corrected chi connectivity index (χ4v) is 1.71. The molecule has 0 atom stereocenters. The van der Waals surface area contributed by atoms with Crippen molar-refractivity contribution >= 4 is 11.8 Å². The van der Waals surface area contributed by atoms with E-state index in [9.17, 15) is 0 Å². The van der Waals surface area contributed by atoms with Gasteiger partial charge in [-0.3, -0.25) is 0 Å². The molecular weight excluding hydrogens is 206 g/mol. The molecule has 0 fully saturated rings. The highest BCUT2D eigenvalue weighted by atomic mass is 32.2. The van der Waals surface area contributed by atoms with Crippen molar-refractivity contribution in [2.75, 3.05) is 33.5 Å². The summed E-state index contributed by atoms with van der Waals surface area (Å²) < 4.78 is 5.66. The average molecular weight is 225 g/mol. The highest BCUT2D eigenvalue weighted by molar-refractivity contribution is 7.98. The fourth-order valence-electron chi connectivity index (χ4n) is 1.26. The van der Waals surface area contributed by atoms with E-state index in [1.165, 1.54) is 4.90 Å². The van der Waals surface area contributed by atoms with Crippen molar-refractivity contribution in [2.24, 2.45) is 0 Å². The first-order valence-electron chi connectivity index (χ1n) is 5.14. The van der Waals surface area contributed by atoms with Crippen LogP contribution in [0.4, 0.5) is 0 Å². The molecule has 0 spiro atoms. The molecule has 1 rings (SSSR count). The van der Waals surface area contributed by atoms with Crippen molar-refractivity contribution in [3.63, 3.8) is 0 Å². The molecule has 84 valence electrons. The zero-order chi connectivity index (χ0) is 11.1. The van der Waals surface area contributed by atoms with Crippen LogP contribution in [0.25, 0.3) is 0 Å². The second-order valence-electron chi connectivity index (χ2n) is 3.68. The van der Waals surface area contributed by atoms with E-state index < -0.39 is 0 Å². The molecule has 0 radical (unpaired) electrons. The number of benzene rings is 1. The molecule has 0 aliphatic carbocycles. The van der Waals surface area contributed by atoms with Crippen molar-refractivity contribution in [3.8, 4) is 5.75 Å². The van der Waals surface area contributed by atoms with E-state index in [0.29, 0.717) is 0 Å². The second-order valence-corrected chi connectivity index (χ2v) is 4.56. The first-order valence-corrected chi connectivity index (χ1v) is 6.36. The number of ether oxygens (including phenoxy) is 1. The zero-order valence-corrected chi connectivity index (χ0v) is 10.5. The van der Waals surface area contributed by atoms with Crippen molar-refractivity contribution in [2.45, 2.75) is 11.3 Å². The highest BCUT2D eigenvalue weighted by Gasteiger charge is 1.96. The predicted molar refractivity (Wildman–Crippen MR) is 66.9 cm³/mol. The third-order valence-corrected chi connectivity index (χ3v) is 2.78. The van der Waals surface area contributed by atoms with Gasteiger partial charge in [0, 0.05) is 11.4 Å². The van der Waals surface area contributed by atoms with Gasteiger partial charge < -0.3 is 9.64 Å². The minimum absolute atomic E-state index is 0.788. The first kappa shape index (κ1) is 12.4. The second kappa shape index (κ2) is 6.75. The van der Waals surface area contributed by atoms with Gasteiger partial charge in [0.05, 0.1) is 6.61 Å². The third-order valence-electron chi connectivity index (χ3n) is 2.06. The Bertz CT molecular complexity index is 289. The van der Waals surface area contributed by atoms with Crippen molar-refractivity contribution in [1.29, 1.82) is 0 Å². The lowest BCUT2D eigenvalue weighted by Gasteiger charge is -2.10. The maximum atomic E-state index is 5.66. The van der Waals surface area contributed by atoms with Gasteiger partial charge in [0.15, 0.2) is 0 Å². The number of hydrogen-bond acceptors (Lipinski definition) is 3. The summed E-state index contributed by atoms with van der Waals surface area (Å²) in [5.41, 5.74) is 0. The van der Waals surface area contributed by atoms with E-state index in [1.54, 1.807) is 11.8 Å². The quantitative estimate of drug-likeness (QED) is 0.545. The van der Waals surface area contributed by atoms with Gasteiger partial charge in [-0.25, -0.2) is 0 Å². The lowest BCUT2D eigenvalue weighted by Crippen LogP contribution is -2.15. The molecule has 0 aliphatic rings. The van der Waals surface area contributed by atoms with Crippen molar-refractivity contribution in [3.05, 3.63) is 24.3 Å². The van der Waals surface area contributed by atoms with Crippen LogP contribution in [0.3, 0.4) is 0 Å². The summed E-state index contributed by atoms with van der Waals surface area (Å²) in [5.74, 6) is 0.973. The molecule has 0 bridgehead atoms. The summed E-state index contributed by atoms with van der Waals surface area (Å²) >= 11 is 1.74. The minimum Gasteiger partial charge on any atom is -0.494 e. The average Bonchev–Trinajstić information content (AvgIpc) is 2.24. The Labute approximate surface area is 96.6 Å². The maximum Gasteiger partial charge on any atom is 0.120 e. The molecule has 0 saturated carbocycles. The number of rotatable bonds is 6. The van der Waals surface area contributed by atoms with Crippen LogP contribution in [-0.2, 0) is 0 Å². The molecule has 1 aromatic rings. The normalized spacial score (nSPS) is 10.7. The molecule has 0 amide bonds. The molecule has 3 heteroatoms. The molecule has 15 heavy (non-hydrogen) atoms. The van der Waals surface area contributed by atoms with Crippen molar-refractivity contribution < 1.29 is 4.74 Å². The Hall–Kier alpha value is -0.670. The summed E-state index contributed by atoms with van der Waals surface area (Å²) in [6.45, 7) is 1.86. The molecule has 1 aromatic carbocycles. The van der Waals surface area contributed by atoms with Gasteiger partial charge in [-0.15, -0.1) is 11.8 Å². The van der Waals surface area contributed by atoms with E-state index in [-0.39, 0.29) is 0 Å². The molecule has 0 aromatic heterocycles. The Morgan fingerprint density at radius 2 is 2.13 bits per heavy atom. The minimum atomic E-state index is 0.788. The Kier molecular flexibility index (Phi) is 5.58. The van der Waals surface area contributed by atoms with Crippen LogP contribution in [-0.4, -0.2) is 38.4 Å². The van der Waals surface area contributed by atoms with E-state index in [4.69, 9.17) is 4.74 Å². The maximum absolute atomic E-state index is 5.66. The van der Waals surface area contributed by atoms with Gasteiger partial charge in [0.25, 0.3) is 0 Å². The van der Waals surface area contributed by atoms with E-state index in [2.05, 4.69) is 37.4 Å². The van der Waals surface area contributed by atoms with Crippen LogP contribution in [0.2, 0.25) is 0 Å². The Balaban J connectivity index is 2.30. The van der Waals surface area contributed by atoms with Crippen LogP contribution < -0.4 is 4.74 Å². The molecular formula is C12H19NOS. The summed E-state index contributed by atoms with van der Waals surface area (Å²) in [6, 6.07) is 8.22. The lowest BCUT2D eigenvalue weighted by atomic mass is 10.3. The Morgan fingerprint density at radius 1 is 1.33 bits per heavy atom. The SMILES string of the molecule is CSc1cccc(OCCCN(C)C)c1. The summed E-state index contributed by atoms with van der Waals surface area (Å²) in [6.07, 6.45) is 3.14. The van der Waals surface area contributed by atoms with E-state index >= 15 is 0 Å². The zero-order valence-electron chi connectivity index (χ0n) is 9.69. The van der Waals surface area contributed by atoms with Crippen LogP contribution in [0.15, 0.2) is 29.2 Å². The molecule has 0 unspecified atom stereocenters.